The molecular weight excluding hydrogens is 230 g/mol. The van der Waals surface area contributed by atoms with Gasteiger partial charge in [0.2, 0.25) is 0 Å². The van der Waals surface area contributed by atoms with Crippen LogP contribution >= 0.6 is 0 Å². The molecule has 5 nitrogen and oxygen atoms in total. The second kappa shape index (κ2) is 5.67. The number of esters is 1. The number of ether oxygens (including phenoxy) is 1. The van der Waals surface area contributed by atoms with E-state index < -0.39 is 5.97 Å². The number of carbonyl (C=O) groups excluding carboxylic acids is 1. The summed E-state index contributed by atoms with van der Waals surface area (Å²) in [5, 5.41) is 13.2. The van der Waals surface area contributed by atoms with E-state index in [1.54, 1.807) is 17.8 Å². The zero-order valence-electron chi connectivity index (χ0n) is 11.4. The van der Waals surface area contributed by atoms with Crippen molar-refractivity contribution < 1.29 is 9.53 Å². The molecule has 0 aliphatic rings. The van der Waals surface area contributed by atoms with Crippen LogP contribution in [0.2, 0.25) is 0 Å². The Balaban J connectivity index is 3.20. The van der Waals surface area contributed by atoms with Crippen molar-refractivity contribution in [3.05, 3.63) is 17.5 Å². The number of rotatable bonds is 5. The van der Waals surface area contributed by atoms with Crippen LogP contribution in [0.5, 0.6) is 0 Å². The van der Waals surface area contributed by atoms with E-state index in [-0.39, 0.29) is 23.4 Å². The van der Waals surface area contributed by atoms with E-state index >= 15 is 0 Å². The first kappa shape index (κ1) is 14.2. The number of hydrogen-bond acceptors (Lipinski definition) is 4. The molecule has 0 aromatic carbocycles. The summed E-state index contributed by atoms with van der Waals surface area (Å²) in [6.07, 6.45) is 3.36. The van der Waals surface area contributed by atoms with Crippen LogP contribution in [0, 0.1) is 11.3 Å². The third kappa shape index (κ3) is 2.53. The number of aromatic nitrogens is 2. The zero-order valence-corrected chi connectivity index (χ0v) is 11.4. The third-order valence-corrected chi connectivity index (χ3v) is 3.39. The second-order valence-corrected chi connectivity index (χ2v) is 4.37. The third-order valence-electron chi connectivity index (χ3n) is 3.39. The lowest BCUT2D eigenvalue weighted by molar-refractivity contribution is 0.0525. The van der Waals surface area contributed by atoms with Gasteiger partial charge in [-0.25, -0.2) is 4.79 Å². The highest BCUT2D eigenvalue weighted by Crippen LogP contribution is 2.25. The van der Waals surface area contributed by atoms with Crippen molar-refractivity contribution in [2.24, 2.45) is 0 Å². The van der Waals surface area contributed by atoms with E-state index in [2.05, 4.69) is 25.9 Å². The van der Waals surface area contributed by atoms with Crippen LogP contribution in [0.15, 0.2) is 6.20 Å². The average Bonchev–Trinajstić information content (AvgIpc) is 2.82. The quantitative estimate of drug-likeness (QED) is 0.752. The number of carbonyl (C=O) groups is 1. The molecule has 1 aromatic rings. The van der Waals surface area contributed by atoms with Crippen LogP contribution in [0.25, 0.3) is 0 Å². The molecule has 0 aliphatic heterocycles. The minimum absolute atomic E-state index is 0.126. The Bertz CT molecular complexity index is 467. The smallest absolute Gasteiger partial charge is 0.342 e. The Hall–Kier alpha value is -1.83. The fourth-order valence-electron chi connectivity index (χ4n) is 1.67. The molecule has 0 atom stereocenters. The van der Waals surface area contributed by atoms with Gasteiger partial charge in [0, 0.05) is 6.20 Å². The van der Waals surface area contributed by atoms with Crippen molar-refractivity contribution >= 4 is 5.97 Å². The van der Waals surface area contributed by atoms with Crippen LogP contribution in [-0.4, -0.2) is 22.4 Å². The molecule has 98 valence electrons. The number of hydrogen-bond donors (Lipinski definition) is 0. The Labute approximate surface area is 107 Å². The fourth-order valence-corrected chi connectivity index (χ4v) is 1.67. The molecule has 0 spiro atoms. The summed E-state index contributed by atoms with van der Waals surface area (Å²) in [5.74, 6) is -0.491. The Kier molecular flexibility index (Phi) is 4.49. The highest BCUT2D eigenvalue weighted by atomic mass is 16.5. The second-order valence-electron chi connectivity index (χ2n) is 4.37. The van der Waals surface area contributed by atoms with Crippen LogP contribution < -0.4 is 0 Å². The zero-order chi connectivity index (χ0) is 13.8. The molecule has 1 rings (SSSR count). The molecule has 0 fully saturated rings. The molecule has 0 amide bonds. The van der Waals surface area contributed by atoms with E-state index in [1.807, 2.05) is 6.07 Å². The van der Waals surface area contributed by atoms with Crippen molar-refractivity contribution in [1.82, 2.24) is 9.78 Å². The molecule has 0 radical (unpaired) electrons. The summed E-state index contributed by atoms with van der Waals surface area (Å²) < 4.78 is 6.63. The van der Waals surface area contributed by atoms with Crippen molar-refractivity contribution in [2.75, 3.05) is 6.61 Å². The maximum atomic E-state index is 11.7. The van der Waals surface area contributed by atoms with Gasteiger partial charge >= 0.3 is 5.97 Å². The largest absolute Gasteiger partial charge is 0.462 e. The van der Waals surface area contributed by atoms with Gasteiger partial charge in [0.1, 0.15) is 11.6 Å². The molecular formula is C13H19N3O2. The van der Waals surface area contributed by atoms with Gasteiger partial charge in [-0.2, -0.15) is 10.4 Å². The summed E-state index contributed by atoms with van der Waals surface area (Å²) >= 11 is 0. The molecule has 1 heterocycles. The first-order valence-electron chi connectivity index (χ1n) is 6.19. The predicted molar refractivity (Wildman–Crippen MR) is 67.1 cm³/mol. The Morgan fingerprint density at radius 2 is 2.11 bits per heavy atom. The fraction of sp³-hybridized carbons (Fsp3) is 0.615. The van der Waals surface area contributed by atoms with Crippen LogP contribution in [-0.2, 0) is 10.3 Å². The summed E-state index contributed by atoms with van der Waals surface area (Å²) in [5.41, 5.74) is 0.185. The van der Waals surface area contributed by atoms with Crippen molar-refractivity contribution in [2.45, 2.75) is 46.1 Å². The van der Waals surface area contributed by atoms with Gasteiger partial charge in [-0.15, -0.1) is 0 Å². The first-order valence-corrected chi connectivity index (χ1v) is 6.19. The molecule has 0 unspecified atom stereocenters. The Morgan fingerprint density at radius 1 is 1.50 bits per heavy atom. The lowest BCUT2D eigenvalue weighted by Gasteiger charge is -2.27. The Morgan fingerprint density at radius 3 is 2.56 bits per heavy atom. The number of nitrogens with zero attached hydrogens (tertiary/aromatic N) is 3. The van der Waals surface area contributed by atoms with E-state index in [1.165, 1.54) is 0 Å². The van der Waals surface area contributed by atoms with E-state index in [9.17, 15) is 4.79 Å². The predicted octanol–water partition coefficient (Wildman–Crippen LogP) is 2.47. The number of nitriles is 1. The van der Waals surface area contributed by atoms with Gasteiger partial charge in [-0.05, 0) is 26.7 Å². The molecule has 18 heavy (non-hydrogen) atoms. The van der Waals surface area contributed by atoms with E-state index in [4.69, 9.17) is 10.00 Å². The molecule has 5 heteroatoms. The van der Waals surface area contributed by atoms with Crippen molar-refractivity contribution in [3.8, 4) is 6.07 Å². The summed E-state index contributed by atoms with van der Waals surface area (Å²) in [6, 6.07) is 1.94. The average molecular weight is 249 g/mol. The van der Waals surface area contributed by atoms with Gasteiger partial charge in [-0.1, -0.05) is 13.8 Å². The van der Waals surface area contributed by atoms with Crippen LogP contribution in [0.1, 0.15) is 56.6 Å². The normalized spacial score (nSPS) is 11.1. The first-order chi connectivity index (χ1) is 8.52. The monoisotopic (exact) mass is 249 g/mol. The lowest BCUT2D eigenvalue weighted by atomic mass is 9.96. The summed E-state index contributed by atoms with van der Waals surface area (Å²) in [4.78, 5) is 11.7. The van der Waals surface area contributed by atoms with Crippen molar-refractivity contribution in [3.63, 3.8) is 0 Å². The summed E-state index contributed by atoms with van der Waals surface area (Å²) in [6.45, 7) is 8.18. The standard InChI is InChI=1S/C13H19N3O2/c1-5-13(4,6-2)16-9-10(11(8-14)15-16)12(17)18-7-3/h9H,5-7H2,1-4H3. The molecule has 0 N–H and O–H groups in total. The van der Waals surface area contributed by atoms with Gasteiger partial charge in [0.15, 0.2) is 5.69 Å². The molecule has 1 aromatic heterocycles. The van der Waals surface area contributed by atoms with Crippen LogP contribution in [0.3, 0.4) is 0 Å². The van der Waals surface area contributed by atoms with E-state index in [0.29, 0.717) is 0 Å². The maximum absolute atomic E-state index is 11.7. The molecule has 0 saturated heterocycles. The van der Waals surface area contributed by atoms with Gasteiger partial charge in [-0.3, -0.25) is 4.68 Å². The highest BCUT2D eigenvalue weighted by Gasteiger charge is 2.27. The van der Waals surface area contributed by atoms with Gasteiger partial charge < -0.3 is 4.74 Å². The SMILES string of the molecule is CCOC(=O)c1cn(C(C)(CC)CC)nc1C#N. The van der Waals surface area contributed by atoms with Gasteiger partial charge in [0.05, 0.1) is 12.1 Å². The minimum Gasteiger partial charge on any atom is -0.462 e. The molecule has 0 bridgehead atoms. The lowest BCUT2D eigenvalue weighted by Crippen LogP contribution is -2.29. The molecule has 0 aliphatic carbocycles. The minimum atomic E-state index is -0.491. The summed E-state index contributed by atoms with van der Waals surface area (Å²) in [7, 11) is 0. The van der Waals surface area contributed by atoms with Crippen molar-refractivity contribution in [1.29, 1.82) is 5.26 Å². The maximum Gasteiger partial charge on any atom is 0.342 e. The van der Waals surface area contributed by atoms with E-state index in [0.717, 1.165) is 12.8 Å². The van der Waals surface area contributed by atoms with Crippen LogP contribution in [0.4, 0.5) is 0 Å². The highest BCUT2D eigenvalue weighted by molar-refractivity contribution is 5.91. The molecule has 0 saturated carbocycles. The van der Waals surface area contributed by atoms with Gasteiger partial charge in [0.25, 0.3) is 0 Å². The topological polar surface area (TPSA) is 67.9 Å².